The molecule has 92 valence electrons. The van der Waals surface area contributed by atoms with Crippen LogP contribution in [0, 0.1) is 0 Å². The third-order valence-corrected chi connectivity index (χ3v) is 3.61. The highest BCUT2D eigenvalue weighted by molar-refractivity contribution is 7.41. The third-order valence-electron chi connectivity index (χ3n) is 1.31. The summed E-state index contributed by atoms with van der Waals surface area (Å²) in [6, 6.07) is 0. The van der Waals surface area contributed by atoms with Crippen LogP contribution in [0.2, 0.25) is 0 Å². The zero-order valence-electron chi connectivity index (χ0n) is 9.46. The molecule has 0 aliphatic heterocycles. The molecule has 0 bridgehead atoms. The Kier molecular flexibility index (Phi) is 9.51. The Balaban J connectivity index is 3.98. The number of hydrogen-bond acceptors (Lipinski definition) is 3. The predicted molar refractivity (Wildman–Crippen MR) is 65.5 cm³/mol. The van der Waals surface area contributed by atoms with E-state index in [1.165, 1.54) is 0 Å². The lowest BCUT2D eigenvalue weighted by molar-refractivity contribution is 0.115. The molecule has 0 N–H and O–H groups in total. The molecule has 0 saturated carbocycles. The highest BCUT2D eigenvalue weighted by Gasteiger charge is 2.27. The third kappa shape index (κ3) is 8.67. The summed E-state index contributed by atoms with van der Waals surface area (Å²) in [5, 5.41) is -0.922. The maximum Gasteiger partial charge on any atom is 0.334 e. The molecule has 1 atom stereocenters. The van der Waals surface area contributed by atoms with Gasteiger partial charge in [-0.15, -0.1) is 11.6 Å². The Labute approximate surface area is 103 Å². The van der Waals surface area contributed by atoms with E-state index in [1.54, 1.807) is 6.92 Å². The van der Waals surface area contributed by atoms with Gasteiger partial charge in [-0.3, -0.25) is 4.52 Å². The van der Waals surface area contributed by atoms with Gasteiger partial charge in [-0.2, -0.15) is 0 Å². The van der Waals surface area contributed by atoms with E-state index in [0.717, 1.165) is 12.8 Å². The minimum Gasteiger partial charge on any atom is -0.312 e. The number of hydrogen-bond donors (Lipinski definition) is 0. The number of alkyl halides is 2. The van der Waals surface area contributed by atoms with Crippen molar-refractivity contribution in [2.45, 2.75) is 38.7 Å². The Bertz CT molecular complexity index is 150. The van der Waals surface area contributed by atoms with Gasteiger partial charge in [0.25, 0.3) is 0 Å². The normalized spacial score (nSPS) is 15.6. The SMILES string of the molecule is CCCOP(OCCC)OC(C)(Cl)CCl. The van der Waals surface area contributed by atoms with Crippen molar-refractivity contribution >= 4 is 31.8 Å². The molecule has 6 heteroatoms. The summed E-state index contributed by atoms with van der Waals surface area (Å²) < 4.78 is 16.3. The maximum absolute atomic E-state index is 5.98. The molecule has 0 radical (unpaired) electrons. The van der Waals surface area contributed by atoms with Crippen molar-refractivity contribution in [3.63, 3.8) is 0 Å². The summed E-state index contributed by atoms with van der Waals surface area (Å²) in [5.41, 5.74) is 0. The van der Waals surface area contributed by atoms with Gasteiger partial charge >= 0.3 is 8.60 Å². The minimum absolute atomic E-state index is 0.193. The largest absolute Gasteiger partial charge is 0.334 e. The van der Waals surface area contributed by atoms with E-state index in [-0.39, 0.29) is 5.88 Å². The van der Waals surface area contributed by atoms with E-state index >= 15 is 0 Å². The van der Waals surface area contributed by atoms with Crippen LogP contribution < -0.4 is 0 Å². The first-order chi connectivity index (χ1) is 7.05. The van der Waals surface area contributed by atoms with Crippen molar-refractivity contribution in [1.82, 2.24) is 0 Å². The van der Waals surface area contributed by atoms with Gasteiger partial charge in [-0.05, 0) is 19.8 Å². The Morgan fingerprint density at radius 2 is 1.60 bits per heavy atom. The van der Waals surface area contributed by atoms with Crippen molar-refractivity contribution in [1.29, 1.82) is 0 Å². The average molecular weight is 277 g/mol. The second kappa shape index (κ2) is 8.98. The predicted octanol–water partition coefficient (Wildman–Crippen LogP) is 4.28. The van der Waals surface area contributed by atoms with E-state index in [2.05, 4.69) is 0 Å². The molecule has 15 heavy (non-hydrogen) atoms. The molecule has 0 amide bonds. The van der Waals surface area contributed by atoms with Crippen LogP contribution in [-0.4, -0.2) is 24.2 Å². The van der Waals surface area contributed by atoms with Crippen LogP contribution in [0.15, 0.2) is 0 Å². The van der Waals surface area contributed by atoms with E-state index in [9.17, 15) is 0 Å². The first kappa shape index (κ1) is 15.9. The molecule has 0 fully saturated rings. The molecule has 0 aliphatic rings. The zero-order valence-corrected chi connectivity index (χ0v) is 11.9. The molecule has 0 aromatic heterocycles. The van der Waals surface area contributed by atoms with Crippen molar-refractivity contribution in [3.05, 3.63) is 0 Å². The standard InChI is InChI=1S/C9H19Cl2O3P/c1-4-6-12-15(13-7-5-2)14-9(3,11)8-10/h4-8H2,1-3H3. The fraction of sp³-hybridized carbons (Fsp3) is 1.00. The van der Waals surface area contributed by atoms with E-state index in [0.29, 0.717) is 13.2 Å². The topological polar surface area (TPSA) is 27.7 Å². The van der Waals surface area contributed by atoms with Gasteiger partial charge in [0.1, 0.15) is 0 Å². The van der Waals surface area contributed by atoms with Gasteiger partial charge < -0.3 is 9.05 Å². The van der Waals surface area contributed by atoms with Crippen LogP contribution in [0.3, 0.4) is 0 Å². The molecule has 0 aliphatic carbocycles. The van der Waals surface area contributed by atoms with Crippen molar-refractivity contribution in [2.24, 2.45) is 0 Å². The van der Waals surface area contributed by atoms with Crippen LogP contribution >= 0.6 is 31.8 Å². The van der Waals surface area contributed by atoms with Gasteiger partial charge in [0, 0.05) is 0 Å². The molecule has 3 nitrogen and oxygen atoms in total. The maximum atomic E-state index is 5.98. The number of halogens is 2. The summed E-state index contributed by atoms with van der Waals surface area (Å²) in [6.45, 7) is 6.94. The summed E-state index contributed by atoms with van der Waals surface area (Å²) >= 11 is 11.6. The van der Waals surface area contributed by atoms with Crippen LogP contribution in [0.4, 0.5) is 0 Å². The number of rotatable bonds is 9. The summed E-state index contributed by atoms with van der Waals surface area (Å²) in [6.07, 6.45) is 1.83. The lowest BCUT2D eigenvalue weighted by Crippen LogP contribution is -2.21. The highest BCUT2D eigenvalue weighted by atomic mass is 35.5. The first-order valence-electron chi connectivity index (χ1n) is 5.05. The van der Waals surface area contributed by atoms with Crippen LogP contribution in [0.5, 0.6) is 0 Å². The average Bonchev–Trinajstić information content (AvgIpc) is 2.22. The van der Waals surface area contributed by atoms with Crippen LogP contribution in [0.25, 0.3) is 0 Å². The van der Waals surface area contributed by atoms with E-state index in [4.69, 9.17) is 36.8 Å². The van der Waals surface area contributed by atoms with Gasteiger partial charge in [-0.1, -0.05) is 25.4 Å². The second-order valence-corrected chi connectivity index (χ2v) is 5.43. The smallest absolute Gasteiger partial charge is 0.312 e. The molecule has 0 aromatic carbocycles. The van der Waals surface area contributed by atoms with Crippen molar-refractivity contribution in [3.8, 4) is 0 Å². The molecular formula is C9H19Cl2O3P. The Morgan fingerprint density at radius 1 is 1.13 bits per heavy atom. The second-order valence-electron chi connectivity index (χ2n) is 3.22. The zero-order chi connectivity index (χ0) is 11.7. The monoisotopic (exact) mass is 276 g/mol. The van der Waals surface area contributed by atoms with Crippen molar-refractivity contribution < 1.29 is 13.6 Å². The van der Waals surface area contributed by atoms with Crippen LogP contribution in [0.1, 0.15) is 33.6 Å². The van der Waals surface area contributed by atoms with Crippen molar-refractivity contribution in [2.75, 3.05) is 19.1 Å². The lowest BCUT2D eigenvalue weighted by Gasteiger charge is -2.24. The molecule has 0 aromatic rings. The fourth-order valence-corrected chi connectivity index (χ4v) is 2.12. The summed E-state index contributed by atoms with van der Waals surface area (Å²) in [7, 11) is -1.38. The Hall–Kier alpha value is 0.890. The van der Waals surface area contributed by atoms with Gasteiger partial charge in [0.05, 0.1) is 19.1 Å². The quantitative estimate of drug-likeness (QED) is 0.465. The molecule has 1 unspecified atom stereocenters. The molecule has 0 heterocycles. The lowest BCUT2D eigenvalue weighted by atomic mass is 10.5. The first-order valence-corrected chi connectivity index (χ1v) is 7.06. The molecule has 0 spiro atoms. The van der Waals surface area contributed by atoms with E-state index < -0.39 is 13.7 Å². The molecule has 0 rings (SSSR count). The van der Waals surface area contributed by atoms with Gasteiger partial charge in [-0.25, -0.2) is 0 Å². The van der Waals surface area contributed by atoms with Gasteiger partial charge in [0.15, 0.2) is 5.06 Å². The minimum atomic E-state index is -1.38. The van der Waals surface area contributed by atoms with Crippen LogP contribution in [-0.2, 0) is 13.6 Å². The molecular weight excluding hydrogens is 258 g/mol. The summed E-state index contributed by atoms with van der Waals surface area (Å²) in [5.74, 6) is 0.193. The Morgan fingerprint density at radius 3 is 1.93 bits per heavy atom. The van der Waals surface area contributed by atoms with Gasteiger partial charge in [0.2, 0.25) is 0 Å². The summed E-state index contributed by atoms with van der Waals surface area (Å²) in [4.78, 5) is 0. The highest BCUT2D eigenvalue weighted by Crippen LogP contribution is 2.45. The molecule has 0 saturated heterocycles. The van der Waals surface area contributed by atoms with E-state index in [1.807, 2.05) is 13.8 Å². The fourth-order valence-electron chi connectivity index (χ4n) is 0.601.